The van der Waals surface area contributed by atoms with Crippen molar-refractivity contribution >= 4 is 11.3 Å². The summed E-state index contributed by atoms with van der Waals surface area (Å²) < 4.78 is 4.22. The fraction of sp³-hybridized carbons (Fsp3) is 0.0833. The molecule has 0 amide bonds. The van der Waals surface area contributed by atoms with E-state index in [-0.39, 0.29) is 0 Å². The van der Waals surface area contributed by atoms with Crippen LogP contribution in [0, 0.1) is 0 Å². The Morgan fingerprint density at radius 3 is 2.53 bits per heavy atom. The third-order valence-corrected chi connectivity index (χ3v) is 2.74. The molecule has 2 heterocycles. The van der Waals surface area contributed by atoms with Crippen molar-refractivity contribution < 1.29 is 4.52 Å². The maximum Gasteiger partial charge on any atom is 0.144 e. The van der Waals surface area contributed by atoms with Gasteiger partial charge < -0.3 is 4.52 Å². The third-order valence-electron chi connectivity index (χ3n) is 1.96. The molecular weight excluding hydrogens is 234 g/mol. The molecule has 3 aromatic rings. The van der Waals surface area contributed by atoms with Crippen molar-refractivity contribution in [2.75, 3.05) is 0 Å². The normalized spacial score (nSPS) is 9.41. The molecule has 86 valence electrons. The van der Waals surface area contributed by atoms with Crippen molar-refractivity contribution in [1.29, 1.82) is 0 Å². The number of hydrogen-bond donors (Lipinski definition) is 0. The lowest BCUT2D eigenvalue weighted by Crippen LogP contribution is -1.84. The predicted octanol–water partition coefficient (Wildman–Crippen LogP) is 2.80. The second-order valence-corrected chi connectivity index (χ2v) is 4.16. The van der Waals surface area contributed by atoms with Crippen LogP contribution in [-0.2, 0) is 6.42 Å². The molecule has 0 radical (unpaired) electrons. The Bertz CT molecular complexity index is 477. The Hall–Kier alpha value is -2.01. The maximum absolute atomic E-state index is 4.23. The van der Waals surface area contributed by atoms with E-state index >= 15 is 0 Å². The van der Waals surface area contributed by atoms with Gasteiger partial charge in [-0.25, -0.2) is 4.98 Å². The van der Waals surface area contributed by atoms with Crippen LogP contribution in [0.3, 0.4) is 0 Å². The molecule has 0 aliphatic heterocycles. The zero-order valence-corrected chi connectivity index (χ0v) is 9.88. The number of hydrogen-bond acceptors (Lipinski definition) is 5. The van der Waals surface area contributed by atoms with E-state index in [1.54, 1.807) is 11.3 Å². The van der Waals surface area contributed by atoms with Gasteiger partial charge >= 0.3 is 0 Å². The Labute approximate surface area is 103 Å². The standard InChI is InChI=1S/C10H9NS.C2H2N2O/c1-2-4-9(5-3-1)8-10-11-6-7-12-10;1-2-5-4-3-1/h1-7H,8H2;1-2H. The molecule has 0 fully saturated rings. The van der Waals surface area contributed by atoms with Crippen LogP contribution in [0.1, 0.15) is 10.6 Å². The maximum atomic E-state index is 4.23. The Morgan fingerprint density at radius 2 is 2.00 bits per heavy atom. The third kappa shape index (κ3) is 4.16. The first-order valence-corrected chi connectivity index (χ1v) is 5.96. The van der Waals surface area contributed by atoms with Crippen LogP contribution in [0.4, 0.5) is 0 Å². The molecule has 0 saturated carbocycles. The molecule has 0 unspecified atom stereocenters. The zero-order chi connectivity index (χ0) is 11.8. The summed E-state index contributed by atoms with van der Waals surface area (Å²) in [6, 6.07) is 10.4. The largest absolute Gasteiger partial charge is 0.346 e. The van der Waals surface area contributed by atoms with Gasteiger partial charge in [0.1, 0.15) is 6.26 Å². The molecule has 0 bridgehead atoms. The Kier molecular flexibility index (Phi) is 4.42. The predicted molar refractivity (Wildman–Crippen MR) is 65.7 cm³/mol. The second kappa shape index (κ2) is 6.55. The van der Waals surface area contributed by atoms with Crippen LogP contribution >= 0.6 is 11.3 Å². The van der Waals surface area contributed by atoms with Gasteiger partial charge in [-0.3, -0.25) is 0 Å². The number of aromatic nitrogens is 3. The van der Waals surface area contributed by atoms with Crippen molar-refractivity contribution in [2.45, 2.75) is 6.42 Å². The van der Waals surface area contributed by atoms with Crippen LogP contribution in [0.2, 0.25) is 0 Å². The molecular formula is C12H11N3OS. The lowest BCUT2D eigenvalue weighted by molar-refractivity contribution is 0.393. The van der Waals surface area contributed by atoms with Crippen molar-refractivity contribution in [3.05, 3.63) is 64.9 Å². The van der Waals surface area contributed by atoms with Crippen LogP contribution in [0.5, 0.6) is 0 Å². The van der Waals surface area contributed by atoms with Crippen molar-refractivity contribution in [3.8, 4) is 0 Å². The first-order chi connectivity index (χ1) is 8.45. The highest BCUT2D eigenvalue weighted by atomic mass is 32.1. The lowest BCUT2D eigenvalue weighted by Gasteiger charge is -1.95. The molecule has 0 N–H and O–H groups in total. The van der Waals surface area contributed by atoms with Gasteiger partial charge in [-0.05, 0) is 5.56 Å². The van der Waals surface area contributed by atoms with Crippen LogP contribution in [0.15, 0.2) is 58.9 Å². The molecule has 0 aliphatic carbocycles. The molecule has 0 atom stereocenters. The minimum atomic E-state index is 0.957. The summed E-state index contributed by atoms with van der Waals surface area (Å²) in [5, 5.41) is 9.60. The van der Waals surface area contributed by atoms with E-state index in [2.05, 4.69) is 44.1 Å². The monoisotopic (exact) mass is 245 g/mol. The van der Waals surface area contributed by atoms with Crippen LogP contribution in [0.25, 0.3) is 0 Å². The molecule has 4 nitrogen and oxygen atoms in total. The quantitative estimate of drug-likeness (QED) is 0.696. The summed E-state index contributed by atoms with van der Waals surface area (Å²) in [4.78, 5) is 4.23. The van der Waals surface area contributed by atoms with Gasteiger partial charge in [0.15, 0.2) is 0 Å². The first-order valence-electron chi connectivity index (χ1n) is 5.08. The van der Waals surface area contributed by atoms with E-state index in [1.165, 1.54) is 23.0 Å². The molecule has 3 rings (SSSR count). The highest BCUT2D eigenvalue weighted by molar-refractivity contribution is 7.09. The molecule has 1 aromatic carbocycles. The van der Waals surface area contributed by atoms with Crippen molar-refractivity contribution in [3.63, 3.8) is 0 Å². The topological polar surface area (TPSA) is 51.8 Å². The van der Waals surface area contributed by atoms with Gasteiger partial charge in [-0.1, -0.05) is 30.3 Å². The van der Waals surface area contributed by atoms with E-state index in [9.17, 15) is 0 Å². The van der Waals surface area contributed by atoms with E-state index in [0.29, 0.717) is 0 Å². The Balaban J connectivity index is 0.000000181. The summed E-state index contributed by atoms with van der Waals surface area (Å²) in [6.07, 6.45) is 5.68. The SMILES string of the molecule is c1ccc(Cc2nccs2)cc1.c1conn1. The summed E-state index contributed by atoms with van der Waals surface area (Å²) in [6.45, 7) is 0. The number of thiazole rings is 1. The van der Waals surface area contributed by atoms with E-state index in [0.717, 1.165) is 6.42 Å². The molecule has 2 aromatic heterocycles. The van der Waals surface area contributed by atoms with Gasteiger partial charge in [0, 0.05) is 23.3 Å². The summed E-state index contributed by atoms with van der Waals surface area (Å²) >= 11 is 1.71. The molecule has 0 aliphatic rings. The molecule has 0 spiro atoms. The lowest BCUT2D eigenvalue weighted by atomic mass is 10.2. The number of rotatable bonds is 2. The van der Waals surface area contributed by atoms with Gasteiger partial charge in [0.2, 0.25) is 0 Å². The van der Waals surface area contributed by atoms with Gasteiger partial charge in [-0.15, -0.1) is 16.4 Å². The Morgan fingerprint density at radius 1 is 1.12 bits per heavy atom. The average Bonchev–Trinajstić information content (AvgIpc) is 3.06. The number of nitrogens with zero attached hydrogens (tertiary/aromatic N) is 3. The fourth-order valence-corrected chi connectivity index (χ4v) is 1.90. The fourth-order valence-electron chi connectivity index (χ4n) is 1.25. The highest BCUT2D eigenvalue weighted by Gasteiger charge is 1.95. The highest BCUT2D eigenvalue weighted by Crippen LogP contribution is 2.10. The minimum absolute atomic E-state index is 0.957. The summed E-state index contributed by atoms with van der Waals surface area (Å²) in [7, 11) is 0. The van der Waals surface area contributed by atoms with Crippen molar-refractivity contribution in [1.82, 2.24) is 15.4 Å². The van der Waals surface area contributed by atoms with Crippen LogP contribution in [-0.4, -0.2) is 15.4 Å². The van der Waals surface area contributed by atoms with Gasteiger partial charge in [0.25, 0.3) is 0 Å². The van der Waals surface area contributed by atoms with Crippen molar-refractivity contribution in [2.24, 2.45) is 0 Å². The van der Waals surface area contributed by atoms with E-state index < -0.39 is 0 Å². The average molecular weight is 245 g/mol. The smallest absolute Gasteiger partial charge is 0.144 e. The summed E-state index contributed by atoms with van der Waals surface area (Å²) in [5.74, 6) is 0. The van der Waals surface area contributed by atoms with E-state index in [1.807, 2.05) is 17.6 Å². The van der Waals surface area contributed by atoms with Gasteiger partial charge in [-0.2, -0.15) is 0 Å². The zero-order valence-electron chi connectivity index (χ0n) is 9.06. The minimum Gasteiger partial charge on any atom is -0.346 e. The van der Waals surface area contributed by atoms with E-state index in [4.69, 9.17) is 0 Å². The van der Waals surface area contributed by atoms with Gasteiger partial charge in [0.05, 0.1) is 11.2 Å². The molecule has 17 heavy (non-hydrogen) atoms. The molecule has 0 saturated heterocycles. The molecule has 5 heteroatoms. The first kappa shape index (κ1) is 11.5. The summed E-state index contributed by atoms with van der Waals surface area (Å²) in [5.41, 5.74) is 1.33. The second-order valence-electron chi connectivity index (χ2n) is 3.18. The van der Waals surface area contributed by atoms with Crippen LogP contribution < -0.4 is 0 Å². The number of benzene rings is 1.